The average Bonchev–Trinajstić information content (AvgIpc) is 1.55. The van der Waals surface area contributed by atoms with Crippen LogP contribution in [0.4, 0.5) is 0 Å². The molecular weight excluding hydrogens is 1220 g/mol. The van der Waals surface area contributed by atoms with Crippen molar-refractivity contribution < 1.29 is 29.3 Å². The molecule has 2 N–H and O–H groups in total. The van der Waals surface area contributed by atoms with Crippen LogP contribution in [0.2, 0.25) is 0 Å². The highest BCUT2D eigenvalue weighted by molar-refractivity contribution is 5.99. The minimum Gasteiger partial charge on any atom is -0.385 e. The van der Waals surface area contributed by atoms with Crippen molar-refractivity contribution in [2.24, 2.45) is 0 Å². The quantitative estimate of drug-likeness (QED) is 0.0757. The minimum absolute atomic E-state index is 0.0646. The second kappa shape index (κ2) is 31.6. The molecule has 0 spiro atoms. The zero-order valence-electron chi connectivity index (χ0n) is 56.7. The van der Waals surface area contributed by atoms with Gasteiger partial charge in [-0.3, -0.25) is 19.4 Å². The lowest BCUT2D eigenvalue weighted by Gasteiger charge is -2.42. The van der Waals surface area contributed by atoms with Crippen molar-refractivity contribution in [3.63, 3.8) is 0 Å². The maximum atomic E-state index is 14.9. The molecular formula is C84H92N8O6. The van der Waals surface area contributed by atoms with Crippen molar-refractivity contribution in [2.45, 2.75) is 113 Å². The summed E-state index contributed by atoms with van der Waals surface area (Å²) in [6.07, 6.45) is 11.8. The Kier molecular flexibility index (Phi) is 21.8. The lowest BCUT2D eigenvalue weighted by atomic mass is 9.80. The smallest absolute Gasteiger partial charge is 0.275 e. The van der Waals surface area contributed by atoms with E-state index in [1.54, 1.807) is 26.9 Å². The van der Waals surface area contributed by atoms with Gasteiger partial charge in [0.15, 0.2) is 11.4 Å². The second-order valence-electron chi connectivity index (χ2n) is 27.2. The van der Waals surface area contributed by atoms with Crippen molar-refractivity contribution in [1.29, 1.82) is 0 Å². The number of piperazine rings is 2. The minimum atomic E-state index is -1.04. The Hall–Kier alpha value is -9.12. The van der Waals surface area contributed by atoms with Gasteiger partial charge in [0.05, 0.1) is 49.3 Å². The largest absolute Gasteiger partial charge is 0.385 e. The molecule has 14 heteroatoms. The predicted molar refractivity (Wildman–Crippen MR) is 388 cm³/mol. The fourth-order valence-electron chi connectivity index (χ4n) is 16.0. The van der Waals surface area contributed by atoms with Crippen molar-refractivity contribution in [1.82, 2.24) is 38.7 Å². The Morgan fingerprint density at radius 2 is 0.765 bits per heavy atom. The number of aliphatic hydroxyl groups is 2. The van der Waals surface area contributed by atoms with Gasteiger partial charge in [0.1, 0.15) is 11.2 Å². The summed E-state index contributed by atoms with van der Waals surface area (Å²) in [4.78, 5) is 48.7. The van der Waals surface area contributed by atoms with Crippen molar-refractivity contribution in [3.05, 3.63) is 277 Å². The molecule has 2 aliphatic carbocycles. The van der Waals surface area contributed by atoms with Crippen molar-refractivity contribution in [3.8, 4) is 44.8 Å². The fraction of sp³-hybridized carbons (Fsp3) is 0.333. The number of carbonyl (C=O) groups excluding carboxylic acids is 2. The van der Waals surface area contributed by atoms with Gasteiger partial charge in [-0.2, -0.15) is 0 Å². The second-order valence-corrected chi connectivity index (χ2v) is 27.2. The van der Waals surface area contributed by atoms with E-state index in [2.05, 4.69) is 186 Å². The summed E-state index contributed by atoms with van der Waals surface area (Å²) < 4.78 is 15.2. The van der Waals surface area contributed by atoms with Crippen LogP contribution in [0.15, 0.2) is 243 Å². The van der Waals surface area contributed by atoms with Crippen LogP contribution in [0.1, 0.15) is 107 Å². The third-order valence-corrected chi connectivity index (χ3v) is 20.7. The molecule has 2 saturated carbocycles. The zero-order chi connectivity index (χ0) is 67.3. The molecule has 2 saturated heterocycles. The van der Waals surface area contributed by atoms with Gasteiger partial charge in [0, 0.05) is 89.8 Å². The first-order valence-corrected chi connectivity index (χ1v) is 35.2. The molecule has 2 aromatic heterocycles. The molecule has 504 valence electrons. The number of rotatable bonds is 20. The lowest BCUT2D eigenvalue weighted by Crippen LogP contribution is -2.55. The van der Waals surface area contributed by atoms with Gasteiger partial charge in [0.25, 0.3) is 11.8 Å². The Bertz CT molecular complexity index is 3920. The fourth-order valence-corrected chi connectivity index (χ4v) is 16.0. The molecule has 14 rings (SSSR count). The summed E-state index contributed by atoms with van der Waals surface area (Å²) in [6, 6.07) is 78.7. The first kappa shape index (κ1) is 67.4. The Labute approximate surface area is 577 Å². The maximum absolute atomic E-state index is 14.9. The van der Waals surface area contributed by atoms with Gasteiger partial charge < -0.3 is 38.6 Å². The maximum Gasteiger partial charge on any atom is 0.275 e. The van der Waals surface area contributed by atoms with E-state index in [0.29, 0.717) is 37.3 Å². The third-order valence-electron chi connectivity index (χ3n) is 20.7. The summed E-state index contributed by atoms with van der Waals surface area (Å²) in [5.41, 5.74) is 11.9. The number of hydrogen-bond donors (Lipinski definition) is 2. The van der Waals surface area contributed by atoms with Crippen LogP contribution < -0.4 is 0 Å². The molecule has 6 atom stereocenters. The molecule has 98 heavy (non-hydrogen) atoms. The molecule has 2 amide bonds. The molecule has 10 aromatic rings. The zero-order valence-corrected chi connectivity index (χ0v) is 56.7. The van der Waals surface area contributed by atoms with Gasteiger partial charge in [-0.15, -0.1) is 0 Å². The number of imidazole rings is 2. The number of nitrogens with zero attached hydrogens (tertiary/aromatic N) is 8. The summed E-state index contributed by atoms with van der Waals surface area (Å²) in [6.45, 7) is 6.39. The Morgan fingerprint density at radius 1 is 0.429 bits per heavy atom. The number of carbonyl (C=O) groups is 2. The van der Waals surface area contributed by atoms with Crippen molar-refractivity contribution in [2.75, 3.05) is 66.7 Å². The van der Waals surface area contributed by atoms with Gasteiger partial charge in [0.2, 0.25) is 0 Å². The molecule has 14 nitrogen and oxygen atoms in total. The molecule has 4 fully saturated rings. The highest BCUT2D eigenvalue weighted by Crippen LogP contribution is 2.44. The lowest BCUT2D eigenvalue weighted by molar-refractivity contribution is -0.0894. The highest BCUT2D eigenvalue weighted by atomic mass is 16.5. The number of benzene rings is 8. The molecule has 0 radical (unpaired) electrons. The number of hydrogen-bond acceptors (Lipinski definition) is 10. The van der Waals surface area contributed by atoms with Crippen LogP contribution in [0.3, 0.4) is 0 Å². The highest BCUT2D eigenvalue weighted by Gasteiger charge is 2.45. The van der Waals surface area contributed by atoms with E-state index in [-0.39, 0.29) is 49.2 Å². The van der Waals surface area contributed by atoms with E-state index < -0.39 is 11.2 Å². The van der Waals surface area contributed by atoms with E-state index in [1.165, 1.54) is 44.5 Å². The van der Waals surface area contributed by atoms with E-state index in [9.17, 15) is 19.8 Å². The average molecular weight is 1310 g/mol. The number of amides is 2. The SMILES string of the molecule is COC[C@]1(O)CCCC[C@H]1n1cnc(C(=O)N2CCN(Cc3ccccc3)C[C@@H]2Cc2ccccc2-c2ccccc2)c1-c1ccccc1.COC[C@]1(O)CCCC[C@H]1n1cnc(C(=O)N2CCN(Cc3ccccc3)C[C@H]2Cc2ccccc2-c2ccccc2)c1-c1ccccc1. The number of ether oxygens (including phenoxy) is 2. The summed E-state index contributed by atoms with van der Waals surface area (Å²) in [5, 5.41) is 23.7. The summed E-state index contributed by atoms with van der Waals surface area (Å²) in [7, 11) is 3.27. The van der Waals surface area contributed by atoms with E-state index >= 15 is 0 Å². The van der Waals surface area contributed by atoms with Crippen LogP contribution in [0, 0.1) is 0 Å². The van der Waals surface area contributed by atoms with Gasteiger partial charge >= 0.3 is 0 Å². The Balaban J connectivity index is 0.000000176. The van der Waals surface area contributed by atoms with Crippen LogP contribution in [-0.2, 0) is 35.4 Å². The molecule has 0 bridgehead atoms. The molecule has 4 heterocycles. The normalized spacial score (nSPS) is 21.5. The van der Waals surface area contributed by atoms with Gasteiger partial charge in [-0.05, 0) is 83.0 Å². The van der Waals surface area contributed by atoms with Gasteiger partial charge in [-0.1, -0.05) is 256 Å². The van der Waals surface area contributed by atoms with Crippen molar-refractivity contribution >= 4 is 11.8 Å². The van der Waals surface area contributed by atoms with Crippen LogP contribution >= 0.6 is 0 Å². The summed E-state index contributed by atoms with van der Waals surface area (Å²) >= 11 is 0. The third kappa shape index (κ3) is 15.3. The monoisotopic (exact) mass is 1310 g/mol. The predicted octanol–water partition coefficient (Wildman–Crippen LogP) is 14.6. The first-order valence-electron chi connectivity index (χ1n) is 35.2. The number of methoxy groups -OCH3 is 2. The number of aromatic nitrogens is 4. The molecule has 2 aliphatic heterocycles. The Morgan fingerprint density at radius 3 is 1.13 bits per heavy atom. The standard InChI is InChI=1S/2C42H46N4O3/c2*1-49-30-42(48)24-14-13-23-38(42)46-31-43-39(40(46)34-19-9-4-10-20-34)41(47)45-26-25-44(28-32-15-5-2-6-16-32)29-36(45)27-35-21-11-12-22-37(35)33-17-7-3-8-18-33/h2*2-12,15-22,31,36,38,48H,13-14,23-30H2,1H3/t36-,38+,42+;36-,38-,42-/m01/s1. The summed E-state index contributed by atoms with van der Waals surface area (Å²) in [5.74, 6) is -0.129. The van der Waals surface area contributed by atoms with Crippen LogP contribution in [0.25, 0.3) is 44.8 Å². The topological polar surface area (TPSA) is 142 Å². The van der Waals surface area contributed by atoms with E-state index in [1.807, 2.05) is 72.8 Å². The van der Waals surface area contributed by atoms with E-state index in [0.717, 1.165) is 113 Å². The molecule has 8 aromatic carbocycles. The van der Waals surface area contributed by atoms with Crippen LogP contribution in [0.5, 0.6) is 0 Å². The van der Waals surface area contributed by atoms with E-state index in [4.69, 9.17) is 19.4 Å². The molecule has 4 aliphatic rings. The van der Waals surface area contributed by atoms with Gasteiger partial charge in [-0.25, -0.2) is 9.97 Å². The molecule has 0 unspecified atom stereocenters. The first-order chi connectivity index (χ1) is 48.1. The van der Waals surface area contributed by atoms with Crippen LogP contribution in [-0.4, -0.2) is 151 Å².